The fourth-order valence-corrected chi connectivity index (χ4v) is 5.78. The van der Waals surface area contributed by atoms with Crippen molar-refractivity contribution in [1.82, 2.24) is 14.6 Å². The minimum absolute atomic E-state index is 0.231. The van der Waals surface area contributed by atoms with Gasteiger partial charge in [-0.3, -0.25) is 4.40 Å². The lowest BCUT2D eigenvalue weighted by molar-refractivity contribution is 0.422. The van der Waals surface area contributed by atoms with Gasteiger partial charge in [-0.2, -0.15) is 0 Å². The Kier molecular flexibility index (Phi) is 6.55. The molecule has 38 heavy (non-hydrogen) atoms. The normalized spacial score (nSPS) is 13.5. The second-order valence-corrected chi connectivity index (χ2v) is 15.4. The summed E-state index contributed by atoms with van der Waals surface area (Å²) in [7, 11) is 0. The number of benzene rings is 2. The van der Waals surface area contributed by atoms with Gasteiger partial charge in [0, 0.05) is 38.8 Å². The number of phenolic OH excluding ortho intramolecular Hbond substituents is 2. The van der Waals surface area contributed by atoms with Crippen LogP contribution in [0.15, 0.2) is 29.6 Å². The lowest BCUT2D eigenvalue weighted by Crippen LogP contribution is -2.17. The van der Waals surface area contributed by atoms with Gasteiger partial charge in [0.1, 0.15) is 11.5 Å². The van der Waals surface area contributed by atoms with Crippen molar-refractivity contribution in [3.05, 3.63) is 51.9 Å². The molecular weight excluding hydrogens is 490 g/mol. The monoisotopic (exact) mass is 533 g/mol. The largest absolute Gasteiger partial charge is 0.507 e. The molecule has 5 nitrogen and oxygen atoms in total. The van der Waals surface area contributed by atoms with Gasteiger partial charge in [0.25, 0.3) is 0 Å². The van der Waals surface area contributed by atoms with Crippen LogP contribution in [-0.4, -0.2) is 24.8 Å². The van der Waals surface area contributed by atoms with Crippen molar-refractivity contribution in [3.63, 3.8) is 0 Å². The number of hydrogen-bond donors (Lipinski definition) is 2. The maximum atomic E-state index is 11.3. The Labute approximate surface area is 231 Å². The van der Waals surface area contributed by atoms with E-state index in [0.29, 0.717) is 11.5 Å². The average Bonchev–Trinajstić information content (AvgIpc) is 3.33. The van der Waals surface area contributed by atoms with E-state index in [1.807, 2.05) is 0 Å². The highest BCUT2D eigenvalue weighted by Gasteiger charge is 2.30. The van der Waals surface area contributed by atoms with Crippen LogP contribution in [-0.2, 0) is 21.7 Å². The highest BCUT2D eigenvalue weighted by molar-refractivity contribution is 7.15. The maximum Gasteiger partial charge on any atom is 0.216 e. The summed E-state index contributed by atoms with van der Waals surface area (Å²) in [6.45, 7) is 25.5. The predicted molar refractivity (Wildman–Crippen MR) is 160 cm³/mol. The van der Waals surface area contributed by atoms with Crippen LogP contribution in [0.3, 0.4) is 0 Å². The summed E-state index contributed by atoms with van der Waals surface area (Å²) in [6, 6.07) is 8.32. The fraction of sp³-hybridized carbons (Fsp3) is 0.500. The van der Waals surface area contributed by atoms with Crippen molar-refractivity contribution in [2.75, 3.05) is 0 Å². The van der Waals surface area contributed by atoms with Crippen molar-refractivity contribution in [1.29, 1.82) is 0 Å². The second-order valence-electron chi connectivity index (χ2n) is 14.6. The summed E-state index contributed by atoms with van der Waals surface area (Å²) in [5.41, 5.74) is 5.61. The van der Waals surface area contributed by atoms with Gasteiger partial charge in [-0.15, -0.1) is 21.5 Å². The third kappa shape index (κ3) is 4.95. The molecule has 4 rings (SSSR count). The molecule has 0 saturated carbocycles. The maximum absolute atomic E-state index is 11.3. The number of phenols is 2. The van der Waals surface area contributed by atoms with Crippen molar-refractivity contribution >= 4 is 16.3 Å². The van der Waals surface area contributed by atoms with Crippen LogP contribution in [0.5, 0.6) is 11.5 Å². The zero-order chi connectivity index (χ0) is 28.6. The van der Waals surface area contributed by atoms with E-state index < -0.39 is 0 Å². The minimum atomic E-state index is -0.248. The van der Waals surface area contributed by atoms with Crippen LogP contribution in [0.1, 0.15) is 105 Å². The van der Waals surface area contributed by atoms with E-state index in [4.69, 9.17) is 0 Å². The molecule has 0 aliphatic carbocycles. The summed E-state index contributed by atoms with van der Waals surface area (Å²) in [5, 5.41) is 33.8. The second kappa shape index (κ2) is 8.84. The van der Waals surface area contributed by atoms with Crippen LogP contribution >= 0.6 is 11.3 Å². The molecule has 0 saturated heterocycles. The molecule has 2 heterocycles. The molecule has 6 heteroatoms. The smallest absolute Gasteiger partial charge is 0.216 e. The van der Waals surface area contributed by atoms with E-state index >= 15 is 0 Å². The van der Waals surface area contributed by atoms with Gasteiger partial charge in [-0.05, 0) is 45.9 Å². The van der Waals surface area contributed by atoms with Gasteiger partial charge < -0.3 is 10.2 Å². The summed E-state index contributed by atoms with van der Waals surface area (Å²) < 4.78 is 2.11. The van der Waals surface area contributed by atoms with Crippen LogP contribution < -0.4 is 0 Å². The Morgan fingerprint density at radius 1 is 0.579 bits per heavy atom. The molecule has 2 aromatic carbocycles. The molecule has 0 unspecified atom stereocenters. The third-order valence-electron chi connectivity index (χ3n) is 7.16. The molecule has 0 aliphatic heterocycles. The van der Waals surface area contributed by atoms with E-state index in [1.165, 1.54) is 0 Å². The van der Waals surface area contributed by atoms with E-state index in [1.54, 1.807) is 11.3 Å². The van der Waals surface area contributed by atoms with Crippen LogP contribution in [0.25, 0.3) is 27.6 Å². The molecule has 2 aromatic heterocycles. The number of fused-ring (bicyclic) bond motifs is 1. The van der Waals surface area contributed by atoms with Crippen molar-refractivity contribution in [2.24, 2.45) is 0 Å². The van der Waals surface area contributed by atoms with Crippen molar-refractivity contribution in [3.8, 4) is 34.1 Å². The number of nitrogens with zero attached hydrogens (tertiary/aromatic N) is 3. The van der Waals surface area contributed by atoms with Crippen LogP contribution in [0.2, 0.25) is 0 Å². The molecule has 0 amide bonds. The number of aromatic hydroxyl groups is 2. The van der Waals surface area contributed by atoms with Crippen molar-refractivity contribution < 1.29 is 10.2 Å². The van der Waals surface area contributed by atoms with E-state index in [9.17, 15) is 10.2 Å². The Balaban J connectivity index is 2.05. The number of rotatable bonds is 2. The van der Waals surface area contributed by atoms with Gasteiger partial charge in [-0.25, -0.2) is 0 Å². The van der Waals surface area contributed by atoms with Gasteiger partial charge in [-0.1, -0.05) is 83.1 Å². The van der Waals surface area contributed by atoms with E-state index in [2.05, 4.69) is 127 Å². The first-order valence-electron chi connectivity index (χ1n) is 13.3. The van der Waals surface area contributed by atoms with Gasteiger partial charge in [0.2, 0.25) is 4.96 Å². The molecule has 4 aromatic rings. The SMILES string of the molecule is CC(C)(C)c1cc(-c2csc3nnc(-c4cc(C(C)(C)C)c(O)c(C(C)(C)C)c4)n23)cc(C(C)(C)C)c1O. The Morgan fingerprint density at radius 2 is 0.947 bits per heavy atom. The molecule has 0 spiro atoms. The summed E-state index contributed by atoms with van der Waals surface area (Å²) in [6.07, 6.45) is 0. The zero-order valence-corrected chi connectivity index (χ0v) is 25.8. The lowest BCUT2D eigenvalue weighted by Gasteiger charge is -2.28. The summed E-state index contributed by atoms with van der Waals surface area (Å²) in [4.78, 5) is 0.806. The first-order valence-corrected chi connectivity index (χ1v) is 14.2. The number of hydrogen-bond acceptors (Lipinski definition) is 5. The fourth-order valence-electron chi connectivity index (χ4n) is 4.94. The average molecular weight is 534 g/mol. The van der Waals surface area contributed by atoms with Gasteiger partial charge >= 0.3 is 0 Å². The lowest BCUT2D eigenvalue weighted by atomic mass is 9.78. The van der Waals surface area contributed by atoms with Gasteiger partial charge in [0.05, 0.1) is 5.69 Å². The highest BCUT2D eigenvalue weighted by atomic mass is 32.1. The number of aromatic nitrogens is 3. The standard InChI is InChI=1S/C32H43N3O2S/c1-29(2,3)20-13-18(14-21(25(20)36)30(4,5)6)24-17-38-28-34-33-27(35(24)28)19-15-22(31(7,8)9)26(37)23(16-19)32(10,11)12/h13-17,36-37H,1-12H3. The molecular formula is C32H43N3O2S. The molecule has 204 valence electrons. The first-order chi connectivity index (χ1) is 17.2. The summed E-state index contributed by atoms with van der Waals surface area (Å²) >= 11 is 1.56. The summed E-state index contributed by atoms with van der Waals surface area (Å²) in [5.74, 6) is 1.46. The molecule has 0 fully saturated rings. The molecule has 0 radical (unpaired) electrons. The van der Waals surface area contributed by atoms with E-state index in [-0.39, 0.29) is 21.7 Å². The zero-order valence-electron chi connectivity index (χ0n) is 25.0. The van der Waals surface area contributed by atoms with E-state index in [0.717, 1.165) is 49.9 Å². The molecule has 2 N–H and O–H groups in total. The van der Waals surface area contributed by atoms with Crippen LogP contribution in [0, 0.1) is 0 Å². The molecule has 0 aliphatic rings. The predicted octanol–water partition coefficient (Wildman–Crippen LogP) is 8.73. The molecule has 0 bridgehead atoms. The van der Waals surface area contributed by atoms with Gasteiger partial charge in [0.15, 0.2) is 5.82 Å². The Hall–Kier alpha value is -2.86. The quantitative estimate of drug-likeness (QED) is 0.270. The Bertz CT molecular complexity index is 1330. The Morgan fingerprint density at radius 3 is 1.32 bits per heavy atom. The topological polar surface area (TPSA) is 70.7 Å². The molecule has 0 atom stereocenters. The third-order valence-corrected chi connectivity index (χ3v) is 7.97. The van der Waals surface area contributed by atoms with Crippen LogP contribution in [0.4, 0.5) is 0 Å². The highest BCUT2D eigenvalue weighted by Crippen LogP contribution is 2.45. The minimum Gasteiger partial charge on any atom is -0.507 e. The number of thiazole rings is 1. The van der Waals surface area contributed by atoms with Crippen molar-refractivity contribution in [2.45, 2.75) is 105 Å². The first kappa shape index (κ1) is 28.2.